The molecule has 2 aromatic carbocycles. The molecule has 0 aromatic heterocycles. The molecule has 2 aromatic rings. The normalized spacial score (nSPS) is 10.9. The second kappa shape index (κ2) is 6.21. The van der Waals surface area contributed by atoms with Crippen molar-refractivity contribution < 1.29 is 22.4 Å². The number of carbonyl (C=O) groups is 1. The molecule has 0 aliphatic heterocycles. The van der Waals surface area contributed by atoms with Crippen LogP contribution in [-0.4, -0.2) is 5.91 Å². The van der Waals surface area contributed by atoms with E-state index in [9.17, 15) is 22.4 Å². The Morgan fingerprint density at radius 3 is 2.14 bits per heavy atom. The van der Waals surface area contributed by atoms with Crippen molar-refractivity contribution in [2.75, 3.05) is 5.32 Å². The Hall–Kier alpha value is -2.63. The molecule has 0 unspecified atom stereocenters. The minimum absolute atomic E-state index is 0.00567. The van der Waals surface area contributed by atoms with Crippen LogP contribution >= 0.6 is 0 Å². The van der Waals surface area contributed by atoms with Crippen molar-refractivity contribution in [3.8, 4) is 0 Å². The number of benzene rings is 2. The maximum atomic E-state index is 13.3. The summed E-state index contributed by atoms with van der Waals surface area (Å²) < 4.78 is 52.0. The van der Waals surface area contributed by atoms with Crippen LogP contribution in [0.1, 0.15) is 5.56 Å². The molecule has 0 fully saturated rings. The first-order chi connectivity index (χ1) is 9.95. The summed E-state index contributed by atoms with van der Waals surface area (Å²) >= 11 is 0. The van der Waals surface area contributed by atoms with E-state index in [1.165, 1.54) is 0 Å². The molecule has 1 amide bonds. The van der Waals surface area contributed by atoms with Gasteiger partial charge in [0.2, 0.25) is 5.91 Å². The first-order valence-corrected chi connectivity index (χ1v) is 5.85. The Morgan fingerprint density at radius 1 is 0.905 bits per heavy atom. The largest absolute Gasteiger partial charge is 0.320 e. The van der Waals surface area contributed by atoms with Gasteiger partial charge in [-0.25, -0.2) is 17.6 Å². The molecule has 0 aliphatic carbocycles. The van der Waals surface area contributed by atoms with Crippen molar-refractivity contribution in [3.05, 3.63) is 71.3 Å². The average Bonchev–Trinajstić information content (AvgIpc) is 2.41. The molecule has 0 radical (unpaired) electrons. The predicted molar refractivity (Wildman–Crippen MR) is 70.4 cm³/mol. The first-order valence-electron chi connectivity index (χ1n) is 5.85. The number of amides is 1. The molecular formula is C15H9F4NO. The Labute approximate surface area is 117 Å². The molecule has 0 atom stereocenters. The van der Waals surface area contributed by atoms with Gasteiger partial charge in [-0.15, -0.1) is 0 Å². The SMILES string of the molecule is O=C(C=Cc1ccc(F)cc1F)Nc1ccc(F)cc1F. The van der Waals surface area contributed by atoms with Crippen LogP contribution in [0.5, 0.6) is 0 Å². The molecule has 2 nitrogen and oxygen atoms in total. The molecular weight excluding hydrogens is 286 g/mol. The van der Waals surface area contributed by atoms with Gasteiger partial charge in [0.25, 0.3) is 0 Å². The van der Waals surface area contributed by atoms with Gasteiger partial charge in [-0.1, -0.05) is 0 Å². The summed E-state index contributed by atoms with van der Waals surface area (Å²) in [5.74, 6) is -3.99. The lowest BCUT2D eigenvalue weighted by Crippen LogP contribution is -2.09. The van der Waals surface area contributed by atoms with Crippen molar-refractivity contribution in [2.24, 2.45) is 0 Å². The predicted octanol–water partition coefficient (Wildman–Crippen LogP) is 3.89. The summed E-state index contributed by atoms with van der Waals surface area (Å²) in [5, 5.41) is 2.17. The highest BCUT2D eigenvalue weighted by Crippen LogP contribution is 2.15. The number of anilines is 1. The Balaban J connectivity index is 2.09. The van der Waals surface area contributed by atoms with E-state index in [0.29, 0.717) is 12.1 Å². The van der Waals surface area contributed by atoms with Crippen LogP contribution < -0.4 is 5.32 Å². The van der Waals surface area contributed by atoms with Gasteiger partial charge in [0.15, 0.2) is 0 Å². The van der Waals surface area contributed by atoms with Crippen molar-refractivity contribution >= 4 is 17.7 Å². The van der Waals surface area contributed by atoms with Crippen LogP contribution in [0.3, 0.4) is 0 Å². The summed E-state index contributed by atoms with van der Waals surface area (Å²) in [7, 11) is 0. The maximum Gasteiger partial charge on any atom is 0.248 e. The van der Waals surface area contributed by atoms with Crippen molar-refractivity contribution in [1.82, 2.24) is 0 Å². The molecule has 0 aliphatic rings. The summed E-state index contributed by atoms with van der Waals surface area (Å²) in [6.45, 7) is 0. The van der Waals surface area contributed by atoms with Gasteiger partial charge in [-0.05, 0) is 30.3 Å². The van der Waals surface area contributed by atoms with Crippen LogP contribution in [0, 0.1) is 23.3 Å². The second-order valence-electron chi connectivity index (χ2n) is 4.11. The van der Waals surface area contributed by atoms with Crippen LogP contribution in [0.2, 0.25) is 0 Å². The molecule has 0 saturated heterocycles. The Bertz CT molecular complexity index is 713. The van der Waals surface area contributed by atoms with Crippen LogP contribution in [0.15, 0.2) is 42.5 Å². The van der Waals surface area contributed by atoms with E-state index in [2.05, 4.69) is 5.32 Å². The van der Waals surface area contributed by atoms with Crippen molar-refractivity contribution in [2.45, 2.75) is 0 Å². The fourth-order valence-electron chi connectivity index (χ4n) is 1.57. The lowest BCUT2D eigenvalue weighted by Gasteiger charge is -2.03. The van der Waals surface area contributed by atoms with Crippen LogP contribution in [-0.2, 0) is 4.79 Å². The smallest absolute Gasteiger partial charge is 0.248 e. The Morgan fingerprint density at radius 2 is 1.52 bits per heavy atom. The fraction of sp³-hybridized carbons (Fsp3) is 0. The van der Waals surface area contributed by atoms with Gasteiger partial charge < -0.3 is 5.32 Å². The average molecular weight is 295 g/mol. The van der Waals surface area contributed by atoms with E-state index in [-0.39, 0.29) is 11.3 Å². The van der Waals surface area contributed by atoms with Crippen molar-refractivity contribution in [3.63, 3.8) is 0 Å². The molecule has 0 spiro atoms. The van der Waals surface area contributed by atoms with Gasteiger partial charge in [0.1, 0.15) is 23.3 Å². The Kier molecular flexibility index (Phi) is 4.37. The highest BCUT2D eigenvalue weighted by Gasteiger charge is 2.06. The zero-order valence-electron chi connectivity index (χ0n) is 10.5. The standard InChI is InChI=1S/C15H9F4NO/c16-10-3-1-9(12(18)7-10)2-6-15(21)20-14-5-4-11(17)8-13(14)19/h1-8H,(H,20,21). The third kappa shape index (κ3) is 3.92. The van der Waals surface area contributed by atoms with E-state index in [1.807, 2.05) is 0 Å². The minimum Gasteiger partial charge on any atom is -0.320 e. The van der Waals surface area contributed by atoms with Gasteiger partial charge in [-0.2, -0.15) is 0 Å². The molecule has 0 bridgehead atoms. The number of halogens is 4. The lowest BCUT2D eigenvalue weighted by molar-refractivity contribution is -0.111. The summed E-state index contributed by atoms with van der Waals surface area (Å²) in [6.07, 6.45) is 2.07. The molecule has 0 saturated carbocycles. The van der Waals surface area contributed by atoms with Crippen LogP contribution in [0.4, 0.5) is 23.2 Å². The second-order valence-corrected chi connectivity index (χ2v) is 4.11. The molecule has 0 heterocycles. The van der Waals surface area contributed by atoms with Gasteiger partial charge in [-0.3, -0.25) is 4.79 Å². The monoisotopic (exact) mass is 295 g/mol. The number of carbonyl (C=O) groups excluding carboxylic acids is 1. The van der Waals surface area contributed by atoms with Gasteiger partial charge in [0.05, 0.1) is 5.69 Å². The third-order valence-corrected chi connectivity index (χ3v) is 2.57. The van der Waals surface area contributed by atoms with E-state index in [1.54, 1.807) is 0 Å². The molecule has 1 N–H and O–H groups in total. The van der Waals surface area contributed by atoms with E-state index >= 15 is 0 Å². The topological polar surface area (TPSA) is 29.1 Å². The fourth-order valence-corrected chi connectivity index (χ4v) is 1.57. The zero-order valence-corrected chi connectivity index (χ0v) is 10.5. The van der Waals surface area contributed by atoms with E-state index < -0.39 is 29.2 Å². The maximum absolute atomic E-state index is 13.3. The van der Waals surface area contributed by atoms with Crippen LogP contribution in [0.25, 0.3) is 6.08 Å². The van der Waals surface area contributed by atoms with Crippen molar-refractivity contribution in [1.29, 1.82) is 0 Å². The number of nitrogens with one attached hydrogen (secondary N) is 1. The zero-order chi connectivity index (χ0) is 15.4. The van der Waals surface area contributed by atoms with Gasteiger partial charge >= 0.3 is 0 Å². The van der Waals surface area contributed by atoms with Gasteiger partial charge in [0, 0.05) is 23.8 Å². The molecule has 108 valence electrons. The highest BCUT2D eigenvalue weighted by atomic mass is 19.1. The molecule has 21 heavy (non-hydrogen) atoms. The highest BCUT2D eigenvalue weighted by molar-refractivity contribution is 6.01. The lowest BCUT2D eigenvalue weighted by atomic mass is 10.2. The van der Waals surface area contributed by atoms with E-state index in [0.717, 1.165) is 36.4 Å². The summed E-state index contributed by atoms with van der Waals surface area (Å²) in [6, 6.07) is 5.56. The molecule has 2 rings (SSSR count). The summed E-state index contributed by atoms with van der Waals surface area (Å²) in [5.41, 5.74) is -0.197. The number of rotatable bonds is 3. The summed E-state index contributed by atoms with van der Waals surface area (Å²) in [4.78, 5) is 11.5. The van der Waals surface area contributed by atoms with E-state index in [4.69, 9.17) is 0 Å². The minimum atomic E-state index is -0.926. The number of hydrogen-bond acceptors (Lipinski definition) is 1. The first kappa shape index (κ1) is 14.8. The third-order valence-electron chi connectivity index (χ3n) is 2.57. The quantitative estimate of drug-likeness (QED) is 0.675. The molecule has 6 heteroatoms. The number of hydrogen-bond donors (Lipinski definition) is 1.